The van der Waals surface area contributed by atoms with Gasteiger partial charge < -0.3 is 10.0 Å². The number of anilines is 1. The van der Waals surface area contributed by atoms with E-state index in [0.717, 1.165) is 30.3 Å². The number of hydrogen-bond donors (Lipinski definition) is 1. The van der Waals surface area contributed by atoms with Crippen molar-refractivity contribution in [1.82, 2.24) is 0 Å². The zero-order chi connectivity index (χ0) is 19.1. The van der Waals surface area contributed by atoms with Crippen LogP contribution in [0.5, 0.6) is 0 Å². The van der Waals surface area contributed by atoms with Crippen LogP contribution in [0.3, 0.4) is 0 Å². The van der Waals surface area contributed by atoms with Crippen molar-refractivity contribution in [2.75, 3.05) is 11.4 Å². The standard InChI is InChI=1S/C18H13F5N2O/c19-11-2-4-16(20)14(5-11)17-7-13(26)9-25(17)12-3-1-10(8-24)15(6-12)18(21,22)23/h1-6,13,17,26H,7,9H2. The zero-order valence-corrected chi connectivity index (χ0v) is 13.3. The van der Waals surface area contributed by atoms with Gasteiger partial charge in [0.1, 0.15) is 11.6 Å². The summed E-state index contributed by atoms with van der Waals surface area (Å²) in [4.78, 5) is 1.39. The Labute approximate surface area is 145 Å². The number of rotatable bonds is 2. The van der Waals surface area contributed by atoms with Crippen molar-refractivity contribution in [2.45, 2.75) is 24.7 Å². The fourth-order valence-corrected chi connectivity index (χ4v) is 3.21. The first kappa shape index (κ1) is 18.1. The summed E-state index contributed by atoms with van der Waals surface area (Å²) in [6.45, 7) is -0.0379. The third kappa shape index (κ3) is 3.35. The average molecular weight is 368 g/mol. The highest BCUT2D eigenvalue weighted by molar-refractivity contribution is 5.57. The fraction of sp³-hybridized carbons (Fsp3) is 0.278. The minimum atomic E-state index is -4.74. The lowest BCUT2D eigenvalue weighted by molar-refractivity contribution is -0.137. The molecule has 2 unspecified atom stereocenters. The first-order valence-electron chi connectivity index (χ1n) is 7.71. The predicted octanol–water partition coefficient (Wildman–Crippen LogP) is 4.17. The molecule has 1 aliphatic heterocycles. The van der Waals surface area contributed by atoms with Crippen LogP contribution in [-0.2, 0) is 6.18 Å². The Hall–Kier alpha value is -2.66. The van der Waals surface area contributed by atoms with Crippen molar-refractivity contribution in [3.8, 4) is 6.07 Å². The molecule has 1 heterocycles. The lowest BCUT2D eigenvalue weighted by atomic mass is 10.0. The van der Waals surface area contributed by atoms with Crippen LogP contribution < -0.4 is 4.90 Å². The SMILES string of the molecule is N#Cc1ccc(N2CC(O)CC2c2cc(F)ccc2F)cc1C(F)(F)F. The van der Waals surface area contributed by atoms with Crippen LogP contribution in [0.15, 0.2) is 36.4 Å². The highest BCUT2D eigenvalue weighted by Gasteiger charge is 2.37. The molecule has 1 fully saturated rings. The summed E-state index contributed by atoms with van der Waals surface area (Å²) in [7, 11) is 0. The Kier molecular flexibility index (Phi) is 4.59. The predicted molar refractivity (Wildman–Crippen MR) is 83.2 cm³/mol. The molecule has 1 aliphatic rings. The number of β-amino-alcohol motifs (C(OH)–C–C–N with tert-alkyl or cyclic N) is 1. The van der Waals surface area contributed by atoms with E-state index in [9.17, 15) is 27.1 Å². The van der Waals surface area contributed by atoms with Crippen molar-refractivity contribution in [1.29, 1.82) is 5.26 Å². The van der Waals surface area contributed by atoms with Crippen molar-refractivity contribution < 1.29 is 27.1 Å². The van der Waals surface area contributed by atoms with E-state index in [0.29, 0.717) is 0 Å². The third-order valence-corrected chi connectivity index (χ3v) is 4.36. The molecule has 0 radical (unpaired) electrons. The maximum absolute atomic E-state index is 14.1. The second-order valence-electron chi connectivity index (χ2n) is 6.06. The van der Waals surface area contributed by atoms with E-state index < -0.39 is 41.1 Å². The van der Waals surface area contributed by atoms with Crippen LogP contribution in [0.25, 0.3) is 0 Å². The summed E-state index contributed by atoms with van der Waals surface area (Å²) in [6.07, 6.45) is -5.60. The average Bonchev–Trinajstić information content (AvgIpc) is 2.97. The van der Waals surface area contributed by atoms with Crippen LogP contribution in [0.1, 0.15) is 29.2 Å². The molecule has 1 N–H and O–H groups in total. The van der Waals surface area contributed by atoms with E-state index >= 15 is 0 Å². The number of nitrogens with zero attached hydrogens (tertiary/aromatic N) is 2. The van der Waals surface area contributed by atoms with E-state index in [1.54, 1.807) is 0 Å². The van der Waals surface area contributed by atoms with Crippen molar-refractivity contribution in [3.63, 3.8) is 0 Å². The molecule has 0 spiro atoms. The highest BCUT2D eigenvalue weighted by atomic mass is 19.4. The van der Waals surface area contributed by atoms with E-state index in [1.807, 2.05) is 0 Å². The molecular weight excluding hydrogens is 355 g/mol. The second-order valence-corrected chi connectivity index (χ2v) is 6.06. The molecule has 2 aromatic rings. The molecule has 3 nitrogen and oxygen atoms in total. The van der Waals surface area contributed by atoms with Crippen LogP contribution in [0, 0.1) is 23.0 Å². The van der Waals surface area contributed by atoms with Gasteiger partial charge in [-0.25, -0.2) is 8.78 Å². The third-order valence-electron chi connectivity index (χ3n) is 4.36. The normalized spacial score (nSPS) is 20.3. The number of aliphatic hydroxyl groups excluding tert-OH is 1. The lowest BCUT2D eigenvalue weighted by Crippen LogP contribution is -2.25. The minimum Gasteiger partial charge on any atom is -0.391 e. The van der Waals surface area contributed by atoms with Crippen LogP contribution in [-0.4, -0.2) is 17.8 Å². The first-order valence-corrected chi connectivity index (χ1v) is 7.71. The van der Waals surface area contributed by atoms with Gasteiger partial charge in [-0.1, -0.05) is 0 Å². The Morgan fingerprint density at radius 3 is 2.50 bits per heavy atom. The van der Waals surface area contributed by atoms with Gasteiger partial charge in [-0.2, -0.15) is 18.4 Å². The maximum Gasteiger partial charge on any atom is 0.417 e. The molecule has 2 atom stereocenters. The number of hydrogen-bond acceptors (Lipinski definition) is 3. The van der Waals surface area contributed by atoms with Gasteiger partial charge in [0.2, 0.25) is 0 Å². The van der Waals surface area contributed by atoms with Gasteiger partial charge >= 0.3 is 6.18 Å². The van der Waals surface area contributed by atoms with Crippen molar-refractivity contribution in [2.24, 2.45) is 0 Å². The molecule has 0 aromatic heterocycles. The topological polar surface area (TPSA) is 47.3 Å². The van der Waals surface area contributed by atoms with Gasteiger partial charge in [-0.15, -0.1) is 0 Å². The van der Waals surface area contributed by atoms with Gasteiger partial charge in [0.05, 0.1) is 29.3 Å². The highest BCUT2D eigenvalue weighted by Crippen LogP contribution is 2.40. The van der Waals surface area contributed by atoms with Crippen LogP contribution in [0.2, 0.25) is 0 Å². The molecule has 0 amide bonds. The molecule has 0 bridgehead atoms. The summed E-state index contributed by atoms with van der Waals surface area (Å²) in [6, 6.07) is 6.64. The van der Waals surface area contributed by atoms with Gasteiger partial charge in [-0.05, 0) is 42.8 Å². The van der Waals surface area contributed by atoms with E-state index in [4.69, 9.17) is 5.26 Å². The Morgan fingerprint density at radius 2 is 1.85 bits per heavy atom. The number of alkyl halides is 3. The quantitative estimate of drug-likeness (QED) is 0.810. The molecule has 0 saturated carbocycles. The summed E-state index contributed by atoms with van der Waals surface area (Å²) in [5.41, 5.74) is -1.62. The van der Waals surface area contributed by atoms with Crippen molar-refractivity contribution >= 4 is 5.69 Å². The van der Waals surface area contributed by atoms with Gasteiger partial charge in [0.15, 0.2) is 0 Å². The van der Waals surface area contributed by atoms with Crippen LogP contribution >= 0.6 is 0 Å². The van der Waals surface area contributed by atoms with Gasteiger partial charge in [0, 0.05) is 17.8 Å². The summed E-state index contributed by atoms with van der Waals surface area (Å²) < 4.78 is 67.2. The number of benzene rings is 2. The molecule has 26 heavy (non-hydrogen) atoms. The van der Waals surface area contributed by atoms with E-state index in [-0.39, 0.29) is 24.2 Å². The van der Waals surface area contributed by atoms with E-state index in [2.05, 4.69) is 0 Å². The second kappa shape index (κ2) is 6.57. The minimum absolute atomic E-state index is 0.0379. The number of halogens is 5. The Bertz CT molecular complexity index is 875. The number of aliphatic hydroxyl groups is 1. The Balaban J connectivity index is 2.07. The summed E-state index contributed by atoms with van der Waals surface area (Å²) >= 11 is 0. The molecule has 3 rings (SSSR count). The zero-order valence-electron chi connectivity index (χ0n) is 13.3. The fourth-order valence-electron chi connectivity index (χ4n) is 3.21. The van der Waals surface area contributed by atoms with Crippen LogP contribution in [0.4, 0.5) is 27.6 Å². The molecule has 0 aliphatic carbocycles. The smallest absolute Gasteiger partial charge is 0.391 e. The van der Waals surface area contributed by atoms with Crippen molar-refractivity contribution in [3.05, 3.63) is 64.7 Å². The lowest BCUT2D eigenvalue weighted by Gasteiger charge is -2.28. The van der Waals surface area contributed by atoms with Gasteiger partial charge in [0.25, 0.3) is 0 Å². The summed E-state index contributed by atoms with van der Waals surface area (Å²) in [5.74, 6) is -1.39. The molecule has 2 aromatic carbocycles. The van der Waals surface area contributed by atoms with Gasteiger partial charge in [-0.3, -0.25) is 0 Å². The summed E-state index contributed by atoms with van der Waals surface area (Å²) in [5, 5.41) is 18.8. The molecular formula is C18H13F5N2O. The molecule has 1 saturated heterocycles. The molecule has 8 heteroatoms. The largest absolute Gasteiger partial charge is 0.417 e. The Morgan fingerprint density at radius 1 is 1.12 bits per heavy atom. The first-order chi connectivity index (χ1) is 12.2. The molecule has 136 valence electrons. The monoisotopic (exact) mass is 368 g/mol. The maximum atomic E-state index is 14.1. The van der Waals surface area contributed by atoms with E-state index in [1.165, 1.54) is 17.0 Å². The number of nitriles is 1.